The summed E-state index contributed by atoms with van der Waals surface area (Å²) in [6, 6.07) is 8.43. The van der Waals surface area contributed by atoms with Crippen LogP contribution in [-0.2, 0) is 9.53 Å². The maximum Gasteiger partial charge on any atom is 0.309 e. The number of allylic oxidation sites excluding steroid dienone is 2. The molecule has 4 nitrogen and oxygen atoms in total. The first-order chi connectivity index (χ1) is 12.6. The molecule has 0 aromatic heterocycles. The molecule has 1 saturated heterocycles. The molecule has 0 aliphatic carbocycles. The summed E-state index contributed by atoms with van der Waals surface area (Å²) in [5, 5.41) is 2.35. The van der Waals surface area contributed by atoms with Crippen molar-refractivity contribution in [2.24, 2.45) is 16.3 Å². The van der Waals surface area contributed by atoms with E-state index < -0.39 is 0 Å². The van der Waals surface area contributed by atoms with E-state index in [0.717, 1.165) is 49.8 Å². The highest BCUT2D eigenvalue weighted by molar-refractivity contribution is 5.75. The highest BCUT2D eigenvalue weighted by Crippen LogP contribution is 2.52. The maximum absolute atomic E-state index is 12.7. The zero-order valence-corrected chi connectivity index (χ0v) is 16.0. The Balaban J connectivity index is 1.92. The number of carbonyl (C=O) groups is 1. The summed E-state index contributed by atoms with van der Waals surface area (Å²) in [5.74, 6) is -0.233. The molecule has 0 N–H and O–H groups in total. The largest absolute Gasteiger partial charge is 0.466 e. The van der Waals surface area contributed by atoms with Gasteiger partial charge in [0.15, 0.2) is 0 Å². The third kappa shape index (κ3) is 2.42. The Labute approximate surface area is 155 Å². The fraction of sp³-hybridized carbons (Fsp3) is 0.545. The van der Waals surface area contributed by atoms with E-state index in [2.05, 4.69) is 43.0 Å². The minimum atomic E-state index is -0.183. The quantitative estimate of drug-likeness (QED) is 0.783. The van der Waals surface area contributed by atoms with Crippen LogP contribution in [0.2, 0.25) is 0 Å². The van der Waals surface area contributed by atoms with E-state index in [0.29, 0.717) is 6.61 Å². The summed E-state index contributed by atoms with van der Waals surface area (Å²) in [6.45, 7) is 8.67. The molecule has 0 amide bonds. The monoisotopic (exact) mass is 352 g/mol. The SMILES string of the molecule is CCOC(=O)C(C)C1(CC)CCCN2CCC3=c4ccccc4=NC3=C21. The molecule has 1 fully saturated rings. The number of fused-ring (bicyclic) bond motifs is 3. The number of hydrogen-bond donors (Lipinski definition) is 0. The van der Waals surface area contributed by atoms with E-state index in [1.807, 2.05) is 6.92 Å². The molecule has 0 bridgehead atoms. The van der Waals surface area contributed by atoms with Gasteiger partial charge in [-0.2, -0.15) is 0 Å². The molecule has 0 saturated carbocycles. The van der Waals surface area contributed by atoms with Gasteiger partial charge in [0.05, 0.1) is 23.6 Å². The fourth-order valence-corrected chi connectivity index (χ4v) is 5.14. The zero-order valence-electron chi connectivity index (χ0n) is 16.0. The highest BCUT2D eigenvalue weighted by atomic mass is 16.5. The number of nitrogens with zero attached hydrogens (tertiary/aromatic N) is 2. The number of esters is 1. The molecular formula is C22H28N2O2. The van der Waals surface area contributed by atoms with Gasteiger partial charge in [-0.25, -0.2) is 4.99 Å². The Morgan fingerprint density at radius 1 is 1.31 bits per heavy atom. The summed E-state index contributed by atoms with van der Waals surface area (Å²) in [7, 11) is 0. The standard InChI is InChI=1S/C22H28N2O2/c1-4-22(15(3)21(25)26-5-2)12-8-13-24-14-11-17-16-9-6-7-10-18(16)23-19(17)20(22)24/h6-7,9-10,15H,4-5,8,11-14H2,1-3H3. The number of piperidine rings is 1. The van der Waals surface area contributed by atoms with Crippen LogP contribution in [0.25, 0.3) is 5.57 Å². The van der Waals surface area contributed by atoms with Crippen LogP contribution in [0.3, 0.4) is 0 Å². The van der Waals surface area contributed by atoms with Crippen molar-refractivity contribution in [2.75, 3.05) is 19.7 Å². The molecule has 26 heavy (non-hydrogen) atoms. The van der Waals surface area contributed by atoms with Crippen molar-refractivity contribution in [3.63, 3.8) is 0 Å². The van der Waals surface area contributed by atoms with Crippen molar-refractivity contribution in [1.82, 2.24) is 4.90 Å². The second kappa shape index (κ2) is 6.57. The number of para-hydroxylation sites is 1. The lowest BCUT2D eigenvalue weighted by Gasteiger charge is -2.50. The molecular weight excluding hydrogens is 324 g/mol. The van der Waals surface area contributed by atoms with E-state index in [1.54, 1.807) is 0 Å². The predicted molar refractivity (Wildman–Crippen MR) is 102 cm³/mol. The number of carbonyl (C=O) groups excluding carboxylic acids is 1. The van der Waals surface area contributed by atoms with Crippen molar-refractivity contribution in [3.8, 4) is 0 Å². The van der Waals surface area contributed by atoms with E-state index in [1.165, 1.54) is 16.5 Å². The summed E-state index contributed by atoms with van der Waals surface area (Å²) >= 11 is 0. The van der Waals surface area contributed by atoms with Crippen LogP contribution < -0.4 is 10.6 Å². The smallest absolute Gasteiger partial charge is 0.309 e. The Bertz CT molecular complexity index is 886. The fourth-order valence-electron chi connectivity index (χ4n) is 5.14. The Morgan fingerprint density at radius 3 is 2.88 bits per heavy atom. The van der Waals surface area contributed by atoms with Gasteiger partial charge < -0.3 is 9.64 Å². The minimum Gasteiger partial charge on any atom is -0.466 e. The van der Waals surface area contributed by atoms with Gasteiger partial charge in [0.1, 0.15) is 0 Å². The summed E-state index contributed by atoms with van der Waals surface area (Å²) < 4.78 is 5.42. The Hall–Kier alpha value is -2.10. The first kappa shape index (κ1) is 17.3. The van der Waals surface area contributed by atoms with Gasteiger partial charge in [-0.1, -0.05) is 32.0 Å². The van der Waals surface area contributed by atoms with Crippen molar-refractivity contribution >= 4 is 11.5 Å². The van der Waals surface area contributed by atoms with Crippen molar-refractivity contribution in [2.45, 2.75) is 46.5 Å². The van der Waals surface area contributed by atoms with Gasteiger partial charge in [0, 0.05) is 29.4 Å². The predicted octanol–water partition coefficient (Wildman–Crippen LogP) is 2.78. The topological polar surface area (TPSA) is 41.9 Å². The third-order valence-corrected chi connectivity index (χ3v) is 6.54. The molecule has 2 atom stereocenters. The molecule has 3 heterocycles. The summed E-state index contributed by atoms with van der Waals surface area (Å²) in [6.07, 6.45) is 4.11. The van der Waals surface area contributed by atoms with Gasteiger partial charge in [-0.15, -0.1) is 0 Å². The lowest BCUT2D eigenvalue weighted by Crippen LogP contribution is -2.49. The summed E-state index contributed by atoms with van der Waals surface area (Å²) in [4.78, 5) is 20.2. The molecule has 4 rings (SSSR count). The van der Waals surface area contributed by atoms with Crippen LogP contribution in [0.1, 0.15) is 46.5 Å². The Morgan fingerprint density at radius 2 is 2.12 bits per heavy atom. The molecule has 3 aliphatic heterocycles. The van der Waals surface area contributed by atoms with Gasteiger partial charge in [-0.3, -0.25) is 4.79 Å². The number of ether oxygens (including phenoxy) is 1. The van der Waals surface area contributed by atoms with Crippen molar-refractivity contribution in [3.05, 3.63) is 46.2 Å². The average Bonchev–Trinajstić information content (AvgIpc) is 3.05. The first-order valence-electron chi connectivity index (χ1n) is 9.96. The number of hydrogen-bond acceptors (Lipinski definition) is 4. The van der Waals surface area contributed by atoms with Crippen molar-refractivity contribution < 1.29 is 9.53 Å². The average molecular weight is 352 g/mol. The van der Waals surface area contributed by atoms with Crippen molar-refractivity contribution in [1.29, 1.82) is 0 Å². The Kier molecular flexibility index (Phi) is 4.37. The van der Waals surface area contributed by atoms with Gasteiger partial charge in [0.25, 0.3) is 0 Å². The van der Waals surface area contributed by atoms with E-state index in [9.17, 15) is 4.79 Å². The first-order valence-corrected chi connectivity index (χ1v) is 9.96. The van der Waals surface area contributed by atoms with Crippen LogP contribution >= 0.6 is 0 Å². The van der Waals surface area contributed by atoms with E-state index >= 15 is 0 Å². The lowest BCUT2D eigenvalue weighted by atomic mass is 9.64. The molecule has 0 spiro atoms. The molecule has 0 radical (unpaired) electrons. The molecule has 4 heteroatoms. The minimum absolute atomic E-state index is 0.0769. The van der Waals surface area contributed by atoms with E-state index in [4.69, 9.17) is 9.73 Å². The number of rotatable bonds is 4. The second-order valence-corrected chi connectivity index (χ2v) is 7.63. The second-order valence-electron chi connectivity index (χ2n) is 7.63. The molecule has 3 aliphatic rings. The van der Waals surface area contributed by atoms with Crippen LogP contribution in [0.15, 0.2) is 40.7 Å². The van der Waals surface area contributed by atoms with Gasteiger partial charge >= 0.3 is 5.97 Å². The molecule has 1 aromatic rings. The normalized spacial score (nSPS) is 25.2. The lowest BCUT2D eigenvalue weighted by molar-refractivity contribution is -0.152. The van der Waals surface area contributed by atoms with Gasteiger partial charge in [-0.05, 0) is 44.2 Å². The molecule has 138 valence electrons. The third-order valence-electron chi connectivity index (χ3n) is 6.54. The highest BCUT2D eigenvalue weighted by Gasteiger charge is 2.49. The zero-order chi connectivity index (χ0) is 18.3. The maximum atomic E-state index is 12.7. The molecule has 2 unspecified atom stereocenters. The summed E-state index contributed by atoms with van der Waals surface area (Å²) in [5.41, 5.74) is 3.61. The molecule has 1 aromatic carbocycles. The van der Waals surface area contributed by atoms with E-state index in [-0.39, 0.29) is 17.3 Å². The van der Waals surface area contributed by atoms with Crippen LogP contribution in [0, 0.1) is 11.3 Å². The van der Waals surface area contributed by atoms with Gasteiger partial charge in [0.2, 0.25) is 0 Å². The van der Waals surface area contributed by atoms with Crippen LogP contribution in [0.5, 0.6) is 0 Å². The number of benzene rings is 1. The van der Waals surface area contributed by atoms with Crippen LogP contribution in [0.4, 0.5) is 0 Å². The van der Waals surface area contributed by atoms with Crippen LogP contribution in [-0.4, -0.2) is 30.6 Å².